The second kappa shape index (κ2) is 7.53. The van der Waals surface area contributed by atoms with Gasteiger partial charge in [-0.2, -0.15) is 0 Å². The summed E-state index contributed by atoms with van der Waals surface area (Å²) in [5.74, 6) is 0.184. The molecule has 1 saturated heterocycles. The molecule has 3 nitrogen and oxygen atoms in total. The van der Waals surface area contributed by atoms with E-state index >= 15 is 0 Å². The van der Waals surface area contributed by atoms with Crippen molar-refractivity contribution in [3.63, 3.8) is 0 Å². The molecule has 0 saturated carbocycles. The minimum Gasteiger partial charge on any atom is -0.314 e. The van der Waals surface area contributed by atoms with Gasteiger partial charge in [0.15, 0.2) is 5.78 Å². The van der Waals surface area contributed by atoms with Crippen LogP contribution in [0.5, 0.6) is 0 Å². The first-order valence-electron chi connectivity index (χ1n) is 8.31. The summed E-state index contributed by atoms with van der Waals surface area (Å²) in [5.41, 5.74) is 4.33. The Hall–Kier alpha value is -1.97. The average Bonchev–Trinajstić information content (AvgIpc) is 2.57. The molecule has 0 aliphatic carbocycles. The van der Waals surface area contributed by atoms with Crippen LogP contribution < -0.4 is 5.32 Å². The Balaban J connectivity index is 1.59. The van der Waals surface area contributed by atoms with Crippen LogP contribution in [-0.2, 0) is 13.0 Å². The van der Waals surface area contributed by atoms with E-state index in [1.807, 2.05) is 31.2 Å². The molecule has 1 heterocycles. The van der Waals surface area contributed by atoms with Gasteiger partial charge in [-0.3, -0.25) is 9.69 Å². The van der Waals surface area contributed by atoms with Crippen molar-refractivity contribution in [1.29, 1.82) is 0 Å². The Kier molecular flexibility index (Phi) is 5.21. The first kappa shape index (κ1) is 15.9. The summed E-state index contributed by atoms with van der Waals surface area (Å²) in [6, 6.07) is 16.3. The molecule has 1 aliphatic heterocycles. The molecule has 23 heavy (non-hydrogen) atoms. The largest absolute Gasteiger partial charge is 0.314 e. The summed E-state index contributed by atoms with van der Waals surface area (Å²) in [4.78, 5) is 14.8. The predicted molar refractivity (Wildman–Crippen MR) is 93.8 cm³/mol. The Morgan fingerprint density at radius 3 is 2.43 bits per heavy atom. The van der Waals surface area contributed by atoms with Crippen LogP contribution in [0.4, 0.5) is 0 Å². The van der Waals surface area contributed by atoms with Gasteiger partial charge in [0.1, 0.15) is 0 Å². The molecule has 0 bridgehead atoms. The number of benzene rings is 2. The van der Waals surface area contributed by atoms with Gasteiger partial charge in [-0.05, 0) is 24.1 Å². The van der Waals surface area contributed by atoms with Crippen molar-refractivity contribution in [3.8, 4) is 0 Å². The van der Waals surface area contributed by atoms with Gasteiger partial charge < -0.3 is 5.32 Å². The summed E-state index contributed by atoms with van der Waals surface area (Å²) in [5, 5.41) is 3.37. The summed E-state index contributed by atoms with van der Waals surface area (Å²) in [6.45, 7) is 7.36. The summed E-state index contributed by atoms with van der Waals surface area (Å²) in [6.07, 6.45) is 0.470. The highest BCUT2D eigenvalue weighted by Gasteiger charge is 2.10. The van der Waals surface area contributed by atoms with Crippen LogP contribution in [0.1, 0.15) is 27.0 Å². The molecule has 1 N–H and O–H groups in total. The molecule has 0 spiro atoms. The number of Topliss-reactive ketones (excluding diaryl/α,β-unsaturated/α-hetero) is 1. The van der Waals surface area contributed by atoms with Crippen molar-refractivity contribution in [2.75, 3.05) is 26.2 Å². The maximum atomic E-state index is 12.4. The van der Waals surface area contributed by atoms with E-state index in [1.54, 1.807) is 0 Å². The van der Waals surface area contributed by atoms with Crippen molar-refractivity contribution < 1.29 is 4.79 Å². The lowest BCUT2D eigenvalue weighted by Gasteiger charge is -2.27. The average molecular weight is 308 g/mol. The molecule has 0 unspecified atom stereocenters. The standard InChI is InChI=1S/C20H24N2O/c1-16-3-2-4-19(13-16)20(23)14-17-5-7-18(8-6-17)15-22-11-9-21-10-12-22/h2-8,13,21H,9-12,14-15H2,1H3. The molecular formula is C20H24N2O. The zero-order valence-electron chi connectivity index (χ0n) is 13.7. The van der Waals surface area contributed by atoms with E-state index in [-0.39, 0.29) is 5.78 Å². The number of hydrogen-bond acceptors (Lipinski definition) is 3. The van der Waals surface area contributed by atoms with Gasteiger partial charge in [-0.15, -0.1) is 0 Å². The molecule has 0 atom stereocenters. The smallest absolute Gasteiger partial charge is 0.167 e. The lowest BCUT2D eigenvalue weighted by Crippen LogP contribution is -2.42. The van der Waals surface area contributed by atoms with Crippen molar-refractivity contribution in [1.82, 2.24) is 10.2 Å². The van der Waals surface area contributed by atoms with E-state index in [4.69, 9.17) is 0 Å². The lowest BCUT2D eigenvalue weighted by molar-refractivity contribution is 0.0993. The molecular weight excluding hydrogens is 284 g/mol. The second-order valence-corrected chi connectivity index (χ2v) is 6.31. The summed E-state index contributed by atoms with van der Waals surface area (Å²) in [7, 11) is 0. The zero-order valence-corrected chi connectivity index (χ0v) is 13.7. The van der Waals surface area contributed by atoms with Gasteiger partial charge in [0.25, 0.3) is 0 Å². The number of piperazine rings is 1. The number of carbonyl (C=O) groups is 1. The highest BCUT2D eigenvalue weighted by Crippen LogP contribution is 2.12. The molecule has 1 fully saturated rings. The maximum Gasteiger partial charge on any atom is 0.167 e. The predicted octanol–water partition coefficient (Wildman–Crippen LogP) is 2.83. The number of nitrogens with one attached hydrogen (secondary N) is 1. The third-order valence-corrected chi connectivity index (χ3v) is 4.34. The van der Waals surface area contributed by atoms with Crippen LogP contribution in [-0.4, -0.2) is 36.9 Å². The van der Waals surface area contributed by atoms with Gasteiger partial charge in [-0.1, -0.05) is 48.0 Å². The molecule has 1 aliphatic rings. The SMILES string of the molecule is Cc1cccc(C(=O)Cc2ccc(CN3CCNCC3)cc2)c1. The summed E-state index contributed by atoms with van der Waals surface area (Å²) >= 11 is 0. The van der Waals surface area contributed by atoms with E-state index in [1.165, 1.54) is 5.56 Å². The van der Waals surface area contributed by atoms with Gasteiger partial charge in [-0.25, -0.2) is 0 Å². The number of carbonyl (C=O) groups excluding carboxylic acids is 1. The molecule has 2 aromatic carbocycles. The van der Waals surface area contributed by atoms with E-state index in [2.05, 4.69) is 34.5 Å². The molecule has 2 aromatic rings. The number of hydrogen-bond donors (Lipinski definition) is 1. The van der Waals surface area contributed by atoms with Gasteiger partial charge in [0, 0.05) is 44.7 Å². The number of rotatable bonds is 5. The molecule has 0 radical (unpaired) electrons. The van der Waals surface area contributed by atoms with Crippen LogP contribution in [0.15, 0.2) is 48.5 Å². The van der Waals surface area contributed by atoms with E-state index in [0.29, 0.717) is 6.42 Å². The van der Waals surface area contributed by atoms with E-state index in [0.717, 1.165) is 49.4 Å². The highest BCUT2D eigenvalue weighted by molar-refractivity contribution is 5.97. The Morgan fingerprint density at radius 2 is 1.74 bits per heavy atom. The normalized spacial score (nSPS) is 15.5. The monoisotopic (exact) mass is 308 g/mol. The number of aryl methyl sites for hydroxylation is 1. The molecule has 3 rings (SSSR count). The van der Waals surface area contributed by atoms with Crippen molar-refractivity contribution in [2.45, 2.75) is 19.9 Å². The van der Waals surface area contributed by atoms with Crippen LogP contribution >= 0.6 is 0 Å². The third kappa shape index (κ3) is 4.50. The highest BCUT2D eigenvalue weighted by atomic mass is 16.1. The maximum absolute atomic E-state index is 12.4. The topological polar surface area (TPSA) is 32.3 Å². The van der Waals surface area contributed by atoms with E-state index < -0.39 is 0 Å². The van der Waals surface area contributed by atoms with Crippen molar-refractivity contribution >= 4 is 5.78 Å². The molecule has 0 aromatic heterocycles. The minimum atomic E-state index is 0.184. The quantitative estimate of drug-likeness (QED) is 0.862. The van der Waals surface area contributed by atoms with Gasteiger partial charge in [0.05, 0.1) is 0 Å². The Morgan fingerprint density at radius 1 is 1.04 bits per heavy atom. The fraction of sp³-hybridized carbons (Fsp3) is 0.350. The molecule has 3 heteroatoms. The fourth-order valence-electron chi connectivity index (χ4n) is 3.00. The fourth-order valence-corrected chi connectivity index (χ4v) is 3.00. The van der Waals surface area contributed by atoms with Crippen molar-refractivity contribution in [2.24, 2.45) is 0 Å². The first-order valence-corrected chi connectivity index (χ1v) is 8.31. The third-order valence-electron chi connectivity index (χ3n) is 4.34. The van der Waals surface area contributed by atoms with Crippen LogP contribution in [0.2, 0.25) is 0 Å². The number of ketones is 1. The van der Waals surface area contributed by atoms with E-state index in [9.17, 15) is 4.79 Å². The van der Waals surface area contributed by atoms with Crippen LogP contribution in [0, 0.1) is 6.92 Å². The summed E-state index contributed by atoms with van der Waals surface area (Å²) < 4.78 is 0. The molecule has 120 valence electrons. The van der Waals surface area contributed by atoms with Crippen LogP contribution in [0.25, 0.3) is 0 Å². The lowest BCUT2D eigenvalue weighted by atomic mass is 10.0. The second-order valence-electron chi connectivity index (χ2n) is 6.31. The van der Waals surface area contributed by atoms with Crippen LogP contribution in [0.3, 0.4) is 0 Å². The van der Waals surface area contributed by atoms with Crippen molar-refractivity contribution in [3.05, 3.63) is 70.8 Å². The zero-order chi connectivity index (χ0) is 16.1. The molecule has 0 amide bonds. The first-order chi connectivity index (χ1) is 11.2. The minimum absolute atomic E-state index is 0.184. The Labute approximate surface area is 138 Å². The Bertz CT molecular complexity index is 658. The van der Waals surface area contributed by atoms with Gasteiger partial charge in [0.2, 0.25) is 0 Å². The number of nitrogens with zero attached hydrogens (tertiary/aromatic N) is 1. The van der Waals surface area contributed by atoms with Gasteiger partial charge >= 0.3 is 0 Å².